The van der Waals surface area contributed by atoms with Crippen molar-refractivity contribution in [2.24, 2.45) is 11.8 Å². The number of halogens is 2. The van der Waals surface area contributed by atoms with Crippen LogP contribution in [0.2, 0.25) is 0 Å². The molecule has 0 atom stereocenters. The monoisotopic (exact) mass is 531 g/mol. The minimum Gasteiger partial charge on any atom is -0.476 e. The molecule has 0 radical (unpaired) electrons. The third kappa shape index (κ3) is 5.53. The SMILES string of the molecule is Cc1ccc(Cc2c(-c3ccc(F)c(C#CC(C)C)c3)nn(-c3nc(C(=O)O)cs3)c2CC2CC2)cc1F. The highest BCUT2D eigenvalue weighted by molar-refractivity contribution is 7.12. The fourth-order valence-corrected chi connectivity index (χ4v) is 5.04. The van der Waals surface area contributed by atoms with E-state index < -0.39 is 11.8 Å². The predicted octanol–water partition coefficient (Wildman–Crippen LogP) is 6.83. The zero-order valence-corrected chi connectivity index (χ0v) is 22.2. The van der Waals surface area contributed by atoms with E-state index in [1.54, 1.807) is 29.8 Å². The molecular weight excluding hydrogens is 504 g/mol. The van der Waals surface area contributed by atoms with Crippen LogP contribution in [0, 0.1) is 42.2 Å². The number of hydrogen-bond acceptors (Lipinski definition) is 4. The third-order valence-electron chi connectivity index (χ3n) is 6.51. The molecule has 5 nitrogen and oxygen atoms in total. The molecule has 0 unspecified atom stereocenters. The Kier molecular flexibility index (Phi) is 7.13. The average Bonchev–Trinajstić information content (AvgIpc) is 3.43. The summed E-state index contributed by atoms with van der Waals surface area (Å²) in [5.74, 6) is 4.73. The fourth-order valence-electron chi connectivity index (χ4n) is 4.27. The maximum absolute atomic E-state index is 14.6. The van der Waals surface area contributed by atoms with E-state index >= 15 is 0 Å². The minimum absolute atomic E-state index is 0.0467. The van der Waals surface area contributed by atoms with E-state index in [2.05, 4.69) is 16.8 Å². The van der Waals surface area contributed by atoms with E-state index in [4.69, 9.17) is 5.10 Å². The summed E-state index contributed by atoms with van der Waals surface area (Å²) in [4.78, 5) is 15.8. The van der Waals surface area contributed by atoms with Crippen molar-refractivity contribution in [3.8, 4) is 28.2 Å². The molecule has 2 aromatic heterocycles. The molecule has 4 aromatic rings. The highest BCUT2D eigenvalue weighted by Gasteiger charge is 2.29. The second-order valence-electron chi connectivity index (χ2n) is 10.0. The number of carboxylic acids is 1. The summed E-state index contributed by atoms with van der Waals surface area (Å²) in [7, 11) is 0. The molecule has 0 spiro atoms. The number of rotatable bonds is 7. The van der Waals surface area contributed by atoms with Crippen molar-refractivity contribution in [1.29, 1.82) is 0 Å². The number of nitrogens with zero attached hydrogens (tertiary/aromatic N) is 3. The first-order valence-electron chi connectivity index (χ1n) is 12.6. The number of aryl methyl sites for hydroxylation is 1. The highest BCUT2D eigenvalue weighted by Crippen LogP contribution is 2.38. The van der Waals surface area contributed by atoms with Gasteiger partial charge in [-0.1, -0.05) is 37.8 Å². The molecule has 2 aromatic carbocycles. The standard InChI is InChI=1S/C30H27F2N3O2S/c1-17(2)4-9-21-15-22(10-11-24(21)31)28-23(12-20-6-5-18(3)25(32)13-20)27(14-19-7-8-19)35(34-28)30-33-26(16-38-30)29(36)37/h5-6,10-11,13,15-17,19H,7-8,12,14H2,1-3H3,(H,36,37). The summed E-state index contributed by atoms with van der Waals surface area (Å²) in [6.45, 7) is 5.61. The van der Waals surface area contributed by atoms with Gasteiger partial charge in [0.2, 0.25) is 5.13 Å². The van der Waals surface area contributed by atoms with Crippen LogP contribution in [0.3, 0.4) is 0 Å². The number of aromatic carboxylic acids is 1. The number of carboxylic acid groups (broad SMARTS) is 1. The van der Waals surface area contributed by atoms with Gasteiger partial charge in [-0.15, -0.1) is 11.3 Å². The van der Waals surface area contributed by atoms with Crippen LogP contribution in [0.4, 0.5) is 8.78 Å². The Labute approximate surface area is 224 Å². The van der Waals surface area contributed by atoms with Gasteiger partial charge in [-0.3, -0.25) is 0 Å². The summed E-state index contributed by atoms with van der Waals surface area (Å²) < 4.78 is 30.8. The van der Waals surface area contributed by atoms with Gasteiger partial charge in [0.05, 0.1) is 17.0 Å². The van der Waals surface area contributed by atoms with Crippen molar-refractivity contribution in [3.63, 3.8) is 0 Å². The first-order valence-corrected chi connectivity index (χ1v) is 13.4. The van der Waals surface area contributed by atoms with Gasteiger partial charge >= 0.3 is 5.97 Å². The Bertz CT molecular complexity index is 1590. The Balaban J connectivity index is 1.70. The molecule has 38 heavy (non-hydrogen) atoms. The van der Waals surface area contributed by atoms with E-state index in [1.165, 1.54) is 28.8 Å². The van der Waals surface area contributed by atoms with Gasteiger partial charge < -0.3 is 5.11 Å². The maximum Gasteiger partial charge on any atom is 0.355 e. The first kappa shape index (κ1) is 25.8. The largest absolute Gasteiger partial charge is 0.476 e. The van der Waals surface area contributed by atoms with Gasteiger partial charge in [0, 0.05) is 28.8 Å². The number of hydrogen-bond donors (Lipinski definition) is 1. The quantitative estimate of drug-likeness (QED) is 0.266. The van der Waals surface area contributed by atoms with E-state index in [1.807, 2.05) is 19.9 Å². The number of carbonyl (C=O) groups is 1. The number of thiazole rings is 1. The van der Waals surface area contributed by atoms with E-state index in [0.717, 1.165) is 36.1 Å². The van der Waals surface area contributed by atoms with Crippen LogP contribution < -0.4 is 0 Å². The van der Waals surface area contributed by atoms with Crippen LogP contribution in [0.25, 0.3) is 16.4 Å². The highest BCUT2D eigenvalue weighted by atomic mass is 32.1. The lowest BCUT2D eigenvalue weighted by molar-refractivity contribution is 0.0691. The lowest BCUT2D eigenvalue weighted by Crippen LogP contribution is -2.06. The molecule has 1 fully saturated rings. The fraction of sp³-hybridized carbons (Fsp3) is 0.300. The summed E-state index contributed by atoms with van der Waals surface area (Å²) >= 11 is 1.20. The van der Waals surface area contributed by atoms with Crippen molar-refractivity contribution in [2.75, 3.05) is 0 Å². The molecule has 0 bridgehead atoms. The van der Waals surface area contributed by atoms with E-state index in [0.29, 0.717) is 34.3 Å². The molecule has 0 aliphatic heterocycles. The summed E-state index contributed by atoms with van der Waals surface area (Å²) in [6, 6.07) is 9.95. The van der Waals surface area contributed by atoms with Crippen LogP contribution in [0.1, 0.15) is 65.1 Å². The maximum atomic E-state index is 14.6. The number of aromatic nitrogens is 3. The summed E-state index contributed by atoms with van der Waals surface area (Å²) in [5, 5.41) is 16.3. The van der Waals surface area contributed by atoms with Crippen molar-refractivity contribution in [3.05, 3.63) is 87.1 Å². The molecule has 8 heteroatoms. The van der Waals surface area contributed by atoms with Gasteiger partial charge in [0.25, 0.3) is 0 Å². The van der Waals surface area contributed by atoms with Crippen molar-refractivity contribution in [2.45, 2.75) is 46.5 Å². The first-order chi connectivity index (χ1) is 18.2. The van der Waals surface area contributed by atoms with E-state index in [9.17, 15) is 18.7 Å². The molecule has 2 heterocycles. The molecule has 1 aliphatic rings. The van der Waals surface area contributed by atoms with Gasteiger partial charge in [-0.05, 0) is 67.5 Å². The second kappa shape index (κ2) is 10.5. The molecule has 0 saturated heterocycles. The average molecular weight is 532 g/mol. The smallest absolute Gasteiger partial charge is 0.355 e. The van der Waals surface area contributed by atoms with Crippen molar-refractivity contribution >= 4 is 17.3 Å². The van der Waals surface area contributed by atoms with Crippen LogP contribution >= 0.6 is 11.3 Å². The molecular formula is C30H27F2N3O2S. The van der Waals surface area contributed by atoms with Crippen LogP contribution in [0.15, 0.2) is 41.8 Å². The third-order valence-corrected chi connectivity index (χ3v) is 7.33. The Morgan fingerprint density at radius 1 is 1.18 bits per heavy atom. The van der Waals surface area contributed by atoms with Gasteiger partial charge in [0.15, 0.2) is 5.69 Å². The van der Waals surface area contributed by atoms with Crippen LogP contribution in [-0.4, -0.2) is 25.8 Å². The van der Waals surface area contributed by atoms with Gasteiger partial charge in [-0.25, -0.2) is 23.2 Å². The molecule has 194 valence electrons. The lowest BCUT2D eigenvalue weighted by atomic mass is 9.95. The Morgan fingerprint density at radius 3 is 2.63 bits per heavy atom. The molecule has 0 amide bonds. The van der Waals surface area contributed by atoms with Gasteiger partial charge in [0.1, 0.15) is 11.6 Å². The van der Waals surface area contributed by atoms with Crippen LogP contribution in [-0.2, 0) is 12.8 Å². The second-order valence-corrected chi connectivity index (χ2v) is 10.9. The predicted molar refractivity (Wildman–Crippen MR) is 144 cm³/mol. The lowest BCUT2D eigenvalue weighted by Gasteiger charge is -2.10. The molecule has 1 N–H and O–H groups in total. The Morgan fingerprint density at radius 2 is 1.97 bits per heavy atom. The topological polar surface area (TPSA) is 68.0 Å². The molecule has 1 aliphatic carbocycles. The normalized spacial score (nSPS) is 13.0. The minimum atomic E-state index is -1.11. The summed E-state index contributed by atoms with van der Waals surface area (Å²) in [6.07, 6.45) is 3.35. The van der Waals surface area contributed by atoms with Crippen LogP contribution in [0.5, 0.6) is 0 Å². The van der Waals surface area contributed by atoms with Gasteiger partial charge in [-0.2, -0.15) is 5.10 Å². The van der Waals surface area contributed by atoms with E-state index in [-0.39, 0.29) is 23.0 Å². The zero-order chi connectivity index (χ0) is 27.0. The molecule has 5 rings (SSSR count). The summed E-state index contributed by atoms with van der Waals surface area (Å²) in [5.41, 5.74) is 4.71. The number of benzene rings is 2. The molecule has 1 saturated carbocycles. The zero-order valence-electron chi connectivity index (χ0n) is 21.4. The van der Waals surface area contributed by atoms with Crippen molar-refractivity contribution < 1.29 is 18.7 Å². The van der Waals surface area contributed by atoms with Crippen molar-refractivity contribution in [1.82, 2.24) is 14.8 Å². The Hall–Kier alpha value is -3.83.